The summed E-state index contributed by atoms with van der Waals surface area (Å²) in [5.41, 5.74) is 2.61. The molecule has 1 heterocycles. The molecule has 0 radical (unpaired) electrons. The van der Waals surface area contributed by atoms with Crippen molar-refractivity contribution in [3.05, 3.63) is 41.5 Å². The maximum absolute atomic E-state index is 9.79. The average Bonchev–Trinajstić information content (AvgIpc) is 2.55. The largest absolute Gasteiger partial charge is 0.389 e. The first-order valence-corrected chi connectivity index (χ1v) is 8.52. The normalized spacial score (nSPS) is 19.0. The van der Waals surface area contributed by atoms with Gasteiger partial charge in [0.05, 0.1) is 12.7 Å². The quantitative estimate of drug-likeness (QED) is 0.771. The van der Waals surface area contributed by atoms with E-state index in [1.165, 1.54) is 11.1 Å². The third kappa shape index (κ3) is 6.83. The lowest BCUT2D eigenvalue weighted by Gasteiger charge is -2.33. The van der Waals surface area contributed by atoms with Crippen molar-refractivity contribution < 1.29 is 9.84 Å². The van der Waals surface area contributed by atoms with Gasteiger partial charge < -0.3 is 20.1 Å². The Morgan fingerprint density at radius 2 is 2.04 bits per heavy atom. The van der Waals surface area contributed by atoms with Crippen LogP contribution in [0.4, 0.5) is 0 Å². The molecule has 1 aromatic rings. The number of nitrogens with zero attached hydrogens (tertiary/aromatic N) is 1. The molecule has 1 atom stereocenters. The fourth-order valence-electron chi connectivity index (χ4n) is 3.05. The monoisotopic (exact) mass is 318 g/mol. The number of rotatable bonds is 8. The van der Waals surface area contributed by atoms with Crippen LogP contribution in [-0.2, 0) is 4.74 Å². The van der Waals surface area contributed by atoms with E-state index in [0.29, 0.717) is 19.2 Å². The Hall–Kier alpha value is -1.20. The number of benzene rings is 1. The number of piperidine rings is 1. The van der Waals surface area contributed by atoms with E-state index in [1.54, 1.807) is 7.11 Å². The molecule has 1 saturated heterocycles. The Morgan fingerprint density at radius 3 is 2.70 bits per heavy atom. The minimum atomic E-state index is -0.374. The molecule has 0 amide bonds. The zero-order chi connectivity index (χ0) is 16.5. The number of aliphatic hydroxyl groups is 1. The van der Waals surface area contributed by atoms with E-state index in [2.05, 4.69) is 47.5 Å². The summed E-state index contributed by atoms with van der Waals surface area (Å²) in [6.07, 6.45) is 4.14. The van der Waals surface area contributed by atoms with Gasteiger partial charge in [0.1, 0.15) is 0 Å². The third-order valence-corrected chi connectivity index (χ3v) is 4.30. The summed E-state index contributed by atoms with van der Waals surface area (Å²) < 4.78 is 4.98. The first-order chi connectivity index (χ1) is 11.2. The first kappa shape index (κ1) is 18.1. The molecule has 4 nitrogen and oxygen atoms in total. The summed E-state index contributed by atoms with van der Waals surface area (Å²) in [6, 6.07) is 11.0. The van der Waals surface area contributed by atoms with Crippen LogP contribution in [0.25, 0.3) is 6.08 Å². The number of hydrogen-bond donors (Lipinski definition) is 2. The van der Waals surface area contributed by atoms with Gasteiger partial charge in [-0.15, -0.1) is 0 Å². The Bertz CT molecular complexity index is 468. The number of methoxy groups -OCH3 is 1. The van der Waals surface area contributed by atoms with E-state index < -0.39 is 0 Å². The minimum absolute atomic E-state index is 0.374. The molecule has 1 unspecified atom stereocenters. The van der Waals surface area contributed by atoms with E-state index in [0.717, 1.165) is 32.5 Å². The highest BCUT2D eigenvalue weighted by Gasteiger charge is 2.20. The highest BCUT2D eigenvalue weighted by atomic mass is 16.5. The molecule has 4 heteroatoms. The van der Waals surface area contributed by atoms with Gasteiger partial charge in [-0.05, 0) is 38.4 Å². The van der Waals surface area contributed by atoms with Gasteiger partial charge in [-0.2, -0.15) is 0 Å². The molecule has 128 valence electrons. The number of nitrogens with one attached hydrogen (secondary N) is 1. The van der Waals surface area contributed by atoms with Crippen molar-refractivity contribution in [3.63, 3.8) is 0 Å². The van der Waals surface area contributed by atoms with E-state index in [1.807, 2.05) is 6.07 Å². The first-order valence-electron chi connectivity index (χ1n) is 8.52. The Labute approximate surface area is 140 Å². The van der Waals surface area contributed by atoms with Gasteiger partial charge in [0, 0.05) is 26.2 Å². The Kier molecular flexibility index (Phi) is 7.76. The van der Waals surface area contributed by atoms with Crippen LogP contribution in [0.2, 0.25) is 0 Å². The minimum Gasteiger partial charge on any atom is -0.389 e. The van der Waals surface area contributed by atoms with Crippen LogP contribution in [0.15, 0.2) is 35.9 Å². The molecule has 0 bridgehead atoms. The average molecular weight is 318 g/mol. The van der Waals surface area contributed by atoms with Crippen molar-refractivity contribution >= 4 is 6.08 Å². The van der Waals surface area contributed by atoms with Crippen LogP contribution in [0.3, 0.4) is 0 Å². The van der Waals surface area contributed by atoms with E-state index >= 15 is 0 Å². The summed E-state index contributed by atoms with van der Waals surface area (Å²) in [6.45, 7) is 6.33. The van der Waals surface area contributed by atoms with Gasteiger partial charge in [-0.3, -0.25) is 0 Å². The molecular formula is C19H30N2O2. The fraction of sp³-hybridized carbons (Fsp3) is 0.579. The van der Waals surface area contributed by atoms with Crippen LogP contribution in [-0.4, -0.2) is 62.0 Å². The molecule has 0 spiro atoms. The predicted octanol–water partition coefficient (Wildman–Crippen LogP) is 2.15. The summed E-state index contributed by atoms with van der Waals surface area (Å²) in [7, 11) is 1.63. The molecule has 0 aromatic heterocycles. The van der Waals surface area contributed by atoms with Crippen molar-refractivity contribution in [3.8, 4) is 0 Å². The molecule has 0 aliphatic carbocycles. The highest BCUT2D eigenvalue weighted by molar-refractivity contribution is 5.52. The van der Waals surface area contributed by atoms with Gasteiger partial charge in [0.15, 0.2) is 0 Å². The highest BCUT2D eigenvalue weighted by Crippen LogP contribution is 2.12. The predicted molar refractivity (Wildman–Crippen MR) is 95.4 cm³/mol. The Balaban J connectivity index is 1.67. The molecule has 1 fully saturated rings. The summed E-state index contributed by atoms with van der Waals surface area (Å²) >= 11 is 0. The summed E-state index contributed by atoms with van der Waals surface area (Å²) in [5.74, 6) is 0. The Morgan fingerprint density at radius 1 is 1.35 bits per heavy atom. The molecule has 2 N–H and O–H groups in total. The summed E-state index contributed by atoms with van der Waals surface area (Å²) in [5, 5.41) is 13.5. The molecule has 2 rings (SSSR count). The maximum atomic E-state index is 9.79. The summed E-state index contributed by atoms with van der Waals surface area (Å²) in [4.78, 5) is 2.33. The number of ether oxygens (including phenoxy) is 1. The zero-order valence-corrected chi connectivity index (χ0v) is 14.4. The molecule has 23 heavy (non-hydrogen) atoms. The topological polar surface area (TPSA) is 44.7 Å². The number of likely N-dealkylation sites (tertiary alicyclic amines) is 1. The molecular weight excluding hydrogens is 288 g/mol. The van der Waals surface area contributed by atoms with E-state index in [4.69, 9.17) is 4.74 Å². The van der Waals surface area contributed by atoms with Crippen LogP contribution in [0.5, 0.6) is 0 Å². The molecule has 1 aliphatic rings. The van der Waals surface area contributed by atoms with Crippen LogP contribution < -0.4 is 5.32 Å². The van der Waals surface area contributed by atoms with Crippen molar-refractivity contribution in [2.24, 2.45) is 0 Å². The zero-order valence-electron chi connectivity index (χ0n) is 14.4. The number of aliphatic hydroxyl groups excluding tert-OH is 1. The van der Waals surface area contributed by atoms with Crippen LogP contribution in [0.1, 0.15) is 25.3 Å². The second-order valence-corrected chi connectivity index (χ2v) is 6.47. The van der Waals surface area contributed by atoms with Gasteiger partial charge in [-0.1, -0.05) is 42.0 Å². The lowest BCUT2D eigenvalue weighted by atomic mass is 10.0. The molecule has 1 aliphatic heterocycles. The standard InChI is InChI=1S/C19H30N2O2/c1-16(12-17-6-4-3-5-7-17)13-20-18-8-10-21(11-9-18)14-19(22)15-23-2/h3-7,12,18-20,22H,8-11,13-15H2,1-2H3/b16-12+. The SMILES string of the molecule is COCC(O)CN1CCC(NC/C(C)=C/c2ccccc2)CC1. The van der Waals surface area contributed by atoms with E-state index in [9.17, 15) is 5.11 Å². The third-order valence-electron chi connectivity index (χ3n) is 4.30. The number of β-amino-alcohol motifs (C(OH)–C–C–N with tert-alkyl or cyclic N) is 1. The van der Waals surface area contributed by atoms with Gasteiger partial charge >= 0.3 is 0 Å². The van der Waals surface area contributed by atoms with Gasteiger partial charge in [-0.25, -0.2) is 0 Å². The van der Waals surface area contributed by atoms with Crippen molar-refractivity contribution in [2.75, 3.05) is 39.9 Å². The maximum Gasteiger partial charge on any atom is 0.0900 e. The molecule has 0 saturated carbocycles. The van der Waals surface area contributed by atoms with Gasteiger partial charge in [0.2, 0.25) is 0 Å². The number of hydrogen-bond acceptors (Lipinski definition) is 4. The van der Waals surface area contributed by atoms with Crippen molar-refractivity contribution in [1.29, 1.82) is 0 Å². The van der Waals surface area contributed by atoms with Crippen molar-refractivity contribution in [1.82, 2.24) is 10.2 Å². The second-order valence-electron chi connectivity index (χ2n) is 6.47. The molecule has 1 aromatic carbocycles. The lowest BCUT2D eigenvalue weighted by Crippen LogP contribution is -2.45. The lowest BCUT2D eigenvalue weighted by molar-refractivity contribution is 0.0312. The van der Waals surface area contributed by atoms with Crippen molar-refractivity contribution in [2.45, 2.75) is 31.9 Å². The second kappa shape index (κ2) is 9.83. The van der Waals surface area contributed by atoms with E-state index in [-0.39, 0.29) is 6.10 Å². The fourth-order valence-corrected chi connectivity index (χ4v) is 3.05. The van der Waals surface area contributed by atoms with Crippen LogP contribution >= 0.6 is 0 Å². The van der Waals surface area contributed by atoms with Gasteiger partial charge in [0.25, 0.3) is 0 Å². The smallest absolute Gasteiger partial charge is 0.0900 e. The van der Waals surface area contributed by atoms with Crippen LogP contribution in [0, 0.1) is 0 Å².